The van der Waals surface area contributed by atoms with Gasteiger partial charge in [0.15, 0.2) is 10.9 Å². The summed E-state index contributed by atoms with van der Waals surface area (Å²) in [5, 5.41) is 6.04. The first-order valence-electron chi connectivity index (χ1n) is 8.72. The Hall–Kier alpha value is -2.90. The van der Waals surface area contributed by atoms with Crippen LogP contribution >= 0.6 is 23.1 Å². The Morgan fingerprint density at radius 3 is 2.46 bits per heavy atom. The van der Waals surface area contributed by atoms with Crippen molar-refractivity contribution in [3.8, 4) is 11.3 Å². The van der Waals surface area contributed by atoms with E-state index in [1.54, 1.807) is 41.7 Å². The van der Waals surface area contributed by atoms with E-state index >= 15 is 0 Å². The molecule has 140 valence electrons. The molecule has 0 aliphatic heterocycles. The molecule has 0 bridgehead atoms. The van der Waals surface area contributed by atoms with Crippen molar-refractivity contribution >= 4 is 39.7 Å². The summed E-state index contributed by atoms with van der Waals surface area (Å²) in [4.78, 5) is 15.4. The van der Waals surface area contributed by atoms with Gasteiger partial charge in [0.25, 0.3) is 0 Å². The van der Waals surface area contributed by atoms with Crippen LogP contribution in [0.2, 0.25) is 0 Å². The van der Waals surface area contributed by atoms with Crippen LogP contribution < -0.4 is 11.1 Å². The molecular weight excluding hydrogens is 386 g/mol. The van der Waals surface area contributed by atoms with Crippen LogP contribution in [0.1, 0.15) is 11.1 Å². The lowest BCUT2D eigenvalue weighted by Gasteiger charge is -2.12. The number of aromatic nitrogens is 3. The zero-order chi connectivity index (χ0) is 19.5. The highest BCUT2D eigenvalue weighted by molar-refractivity contribution is 7.99. The van der Waals surface area contributed by atoms with Gasteiger partial charge in [-0.15, -0.1) is 11.3 Å². The highest BCUT2D eigenvalue weighted by atomic mass is 32.2. The van der Waals surface area contributed by atoms with Crippen LogP contribution in [-0.4, -0.2) is 15.0 Å². The lowest BCUT2D eigenvalue weighted by atomic mass is 10.1. The maximum Gasteiger partial charge on any atom is 0.188 e. The van der Waals surface area contributed by atoms with Crippen LogP contribution in [-0.2, 0) is 0 Å². The molecule has 7 heteroatoms. The molecule has 2 heterocycles. The van der Waals surface area contributed by atoms with E-state index in [0.29, 0.717) is 5.82 Å². The zero-order valence-electron chi connectivity index (χ0n) is 15.5. The number of rotatable bonds is 5. The molecule has 3 N–H and O–H groups in total. The molecule has 0 spiro atoms. The number of hydrogen-bond donors (Lipinski definition) is 2. The van der Waals surface area contributed by atoms with Gasteiger partial charge in [0.1, 0.15) is 0 Å². The Balaban J connectivity index is 1.57. The summed E-state index contributed by atoms with van der Waals surface area (Å²) in [5.74, 6) is 0.686. The monoisotopic (exact) mass is 405 g/mol. The van der Waals surface area contributed by atoms with E-state index in [1.165, 1.54) is 20.9 Å². The van der Waals surface area contributed by atoms with Crippen molar-refractivity contribution in [1.29, 1.82) is 0 Å². The van der Waals surface area contributed by atoms with Crippen molar-refractivity contribution < 1.29 is 0 Å². The Bertz CT molecular complexity index is 1070. The standard InChI is InChI=1S/C21H19N5S2/c1-13-9-15(10-14(2)20(13)28-17-5-3-16(22)4-6-17)18-12-27-21(25-18)26-19-11-23-7-8-24-19/h3-12H,22H2,1-2H3,(H,24,25,26). The molecule has 2 aromatic heterocycles. The lowest BCUT2D eigenvalue weighted by Crippen LogP contribution is -1.93. The first-order valence-corrected chi connectivity index (χ1v) is 10.4. The van der Waals surface area contributed by atoms with E-state index < -0.39 is 0 Å². The molecule has 0 aliphatic rings. The van der Waals surface area contributed by atoms with Gasteiger partial charge < -0.3 is 11.1 Å². The number of thiazole rings is 1. The van der Waals surface area contributed by atoms with Crippen LogP contribution in [0.15, 0.2) is 70.2 Å². The molecule has 0 saturated carbocycles. The number of hydrogen-bond acceptors (Lipinski definition) is 7. The topological polar surface area (TPSA) is 76.7 Å². The third-order valence-corrected chi connectivity index (χ3v) is 6.27. The fourth-order valence-corrected chi connectivity index (χ4v) is 4.52. The Morgan fingerprint density at radius 2 is 1.79 bits per heavy atom. The maximum atomic E-state index is 5.79. The molecule has 0 amide bonds. The average Bonchev–Trinajstić information content (AvgIpc) is 3.15. The summed E-state index contributed by atoms with van der Waals surface area (Å²) in [7, 11) is 0. The second-order valence-corrected chi connectivity index (χ2v) is 8.31. The van der Waals surface area contributed by atoms with Crippen molar-refractivity contribution in [3.63, 3.8) is 0 Å². The van der Waals surface area contributed by atoms with E-state index in [2.05, 4.69) is 58.8 Å². The Kier molecular flexibility index (Phi) is 5.27. The Morgan fingerprint density at radius 1 is 1.04 bits per heavy atom. The number of nitrogen functional groups attached to an aromatic ring is 1. The average molecular weight is 406 g/mol. The molecule has 0 radical (unpaired) electrons. The van der Waals surface area contributed by atoms with Crippen molar-refractivity contribution in [2.45, 2.75) is 23.6 Å². The van der Waals surface area contributed by atoms with Crippen molar-refractivity contribution in [2.75, 3.05) is 11.1 Å². The van der Waals surface area contributed by atoms with E-state index in [1.807, 2.05) is 12.1 Å². The van der Waals surface area contributed by atoms with Gasteiger partial charge in [0.2, 0.25) is 0 Å². The fraction of sp³-hybridized carbons (Fsp3) is 0.0952. The molecule has 4 rings (SSSR count). The number of nitrogens with one attached hydrogen (secondary N) is 1. The van der Waals surface area contributed by atoms with E-state index in [-0.39, 0.29) is 0 Å². The van der Waals surface area contributed by atoms with Gasteiger partial charge in [-0.2, -0.15) is 0 Å². The fourth-order valence-electron chi connectivity index (χ4n) is 2.85. The van der Waals surface area contributed by atoms with Crippen molar-refractivity contribution in [1.82, 2.24) is 15.0 Å². The molecule has 0 unspecified atom stereocenters. The number of nitrogens with two attached hydrogens (primary N) is 1. The Labute approximate surface area is 172 Å². The maximum absolute atomic E-state index is 5.79. The van der Waals surface area contributed by atoms with Gasteiger partial charge in [-0.05, 0) is 61.4 Å². The molecule has 0 saturated heterocycles. The van der Waals surface area contributed by atoms with Crippen LogP contribution in [0.4, 0.5) is 16.6 Å². The third-order valence-electron chi connectivity index (χ3n) is 4.16. The van der Waals surface area contributed by atoms with Gasteiger partial charge in [0, 0.05) is 38.8 Å². The van der Waals surface area contributed by atoms with Gasteiger partial charge in [-0.1, -0.05) is 11.8 Å². The van der Waals surface area contributed by atoms with E-state index in [4.69, 9.17) is 10.7 Å². The highest BCUT2D eigenvalue weighted by Gasteiger charge is 2.11. The van der Waals surface area contributed by atoms with Gasteiger partial charge in [0.05, 0.1) is 11.9 Å². The number of aryl methyl sites for hydroxylation is 2. The molecule has 2 aromatic carbocycles. The second-order valence-electron chi connectivity index (χ2n) is 6.36. The van der Waals surface area contributed by atoms with Gasteiger partial charge >= 0.3 is 0 Å². The quantitative estimate of drug-likeness (QED) is 0.415. The molecular formula is C21H19N5S2. The number of benzene rings is 2. The molecule has 0 aliphatic carbocycles. The largest absolute Gasteiger partial charge is 0.399 e. The zero-order valence-corrected chi connectivity index (χ0v) is 17.1. The minimum Gasteiger partial charge on any atom is -0.399 e. The lowest BCUT2D eigenvalue weighted by molar-refractivity contribution is 1.19. The minimum atomic E-state index is 0.686. The van der Waals surface area contributed by atoms with Crippen LogP contribution in [0.5, 0.6) is 0 Å². The number of nitrogens with zero attached hydrogens (tertiary/aromatic N) is 3. The summed E-state index contributed by atoms with van der Waals surface area (Å²) < 4.78 is 0. The smallest absolute Gasteiger partial charge is 0.188 e. The van der Waals surface area contributed by atoms with Crippen LogP contribution in [0.3, 0.4) is 0 Å². The predicted octanol–water partition coefficient (Wildman–Crippen LogP) is 5.69. The first kappa shape index (κ1) is 18.5. The van der Waals surface area contributed by atoms with Crippen LogP contribution in [0, 0.1) is 13.8 Å². The minimum absolute atomic E-state index is 0.686. The second kappa shape index (κ2) is 8.00. The highest BCUT2D eigenvalue weighted by Crippen LogP contribution is 2.36. The van der Waals surface area contributed by atoms with Crippen LogP contribution in [0.25, 0.3) is 11.3 Å². The van der Waals surface area contributed by atoms with E-state index in [9.17, 15) is 0 Å². The van der Waals surface area contributed by atoms with Gasteiger partial charge in [-0.3, -0.25) is 4.98 Å². The van der Waals surface area contributed by atoms with Crippen molar-refractivity contribution in [3.05, 3.63) is 71.5 Å². The molecule has 0 atom stereocenters. The van der Waals surface area contributed by atoms with Gasteiger partial charge in [-0.25, -0.2) is 9.97 Å². The van der Waals surface area contributed by atoms with Crippen molar-refractivity contribution in [2.24, 2.45) is 0 Å². The third kappa shape index (κ3) is 4.16. The molecule has 0 fully saturated rings. The first-order chi connectivity index (χ1) is 13.6. The SMILES string of the molecule is Cc1cc(-c2csc(Nc3cnccn3)n2)cc(C)c1Sc1ccc(N)cc1. The molecule has 4 aromatic rings. The predicted molar refractivity (Wildman–Crippen MR) is 117 cm³/mol. The normalized spacial score (nSPS) is 10.8. The number of anilines is 3. The summed E-state index contributed by atoms with van der Waals surface area (Å²) in [6.45, 7) is 4.28. The summed E-state index contributed by atoms with van der Waals surface area (Å²) in [6, 6.07) is 12.3. The summed E-state index contributed by atoms with van der Waals surface area (Å²) in [5.41, 5.74) is 11.1. The van der Waals surface area contributed by atoms with E-state index in [0.717, 1.165) is 22.1 Å². The summed E-state index contributed by atoms with van der Waals surface area (Å²) >= 11 is 3.31. The summed E-state index contributed by atoms with van der Waals surface area (Å²) in [6.07, 6.45) is 4.98. The molecule has 5 nitrogen and oxygen atoms in total. The molecule has 28 heavy (non-hydrogen) atoms.